The number of hydrogen-bond acceptors (Lipinski definition) is 3. The number of urea groups is 1. The second-order valence-corrected chi connectivity index (χ2v) is 4.17. The topological polar surface area (TPSA) is 52.6 Å². The molecule has 0 radical (unpaired) electrons. The molecule has 88 valence electrons. The minimum absolute atomic E-state index is 0.0296. The monoisotopic (exact) mass is 232 g/mol. The molecule has 0 bridgehead atoms. The van der Waals surface area contributed by atoms with Crippen LogP contribution in [0.1, 0.15) is 6.92 Å². The molecular weight excluding hydrogens is 212 g/mol. The van der Waals surface area contributed by atoms with Crippen molar-refractivity contribution < 1.29 is 9.90 Å². The maximum Gasteiger partial charge on any atom is 0.317 e. The summed E-state index contributed by atoms with van der Waals surface area (Å²) in [5, 5.41) is 11.6. The summed E-state index contributed by atoms with van der Waals surface area (Å²) in [5.41, 5.74) is 0. The summed E-state index contributed by atoms with van der Waals surface area (Å²) >= 11 is 1.69. The van der Waals surface area contributed by atoms with Gasteiger partial charge in [0.05, 0.1) is 6.61 Å². The summed E-state index contributed by atoms with van der Waals surface area (Å²) in [6.45, 7) is 6.30. The van der Waals surface area contributed by atoms with Crippen LogP contribution < -0.4 is 5.32 Å². The van der Waals surface area contributed by atoms with Gasteiger partial charge in [-0.1, -0.05) is 6.08 Å². The first-order valence-electron chi connectivity index (χ1n) is 4.91. The van der Waals surface area contributed by atoms with E-state index in [0.717, 1.165) is 5.75 Å². The van der Waals surface area contributed by atoms with Crippen LogP contribution in [-0.2, 0) is 0 Å². The molecule has 1 unspecified atom stereocenters. The zero-order chi connectivity index (χ0) is 11.7. The lowest BCUT2D eigenvalue weighted by atomic mass is 10.4. The Labute approximate surface area is 95.7 Å². The Kier molecular flexibility index (Phi) is 8.22. The van der Waals surface area contributed by atoms with Crippen molar-refractivity contribution in [3.63, 3.8) is 0 Å². The van der Waals surface area contributed by atoms with E-state index < -0.39 is 0 Å². The summed E-state index contributed by atoms with van der Waals surface area (Å²) < 4.78 is 0. The Morgan fingerprint density at radius 2 is 2.40 bits per heavy atom. The zero-order valence-corrected chi connectivity index (χ0v) is 10.2. The average Bonchev–Trinajstić information content (AvgIpc) is 2.17. The maximum atomic E-state index is 11.7. The van der Waals surface area contributed by atoms with Crippen molar-refractivity contribution in [2.24, 2.45) is 0 Å². The van der Waals surface area contributed by atoms with Crippen LogP contribution in [-0.4, -0.2) is 53.8 Å². The fraction of sp³-hybridized carbons (Fsp3) is 0.700. The average molecular weight is 232 g/mol. The maximum absolute atomic E-state index is 11.7. The quantitative estimate of drug-likeness (QED) is 0.642. The highest BCUT2D eigenvalue weighted by Crippen LogP contribution is 1.98. The highest BCUT2D eigenvalue weighted by molar-refractivity contribution is 7.98. The first kappa shape index (κ1) is 14.3. The van der Waals surface area contributed by atoms with Crippen molar-refractivity contribution in [1.29, 1.82) is 0 Å². The van der Waals surface area contributed by atoms with Crippen LogP contribution >= 0.6 is 11.8 Å². The summed E-state index contributed by atoms with van der Waals surface area (Å²) in [6, 6.07) is -0.0102. The first-order valence-corrected chi connectivity index (χ1v) is 6.31. The van der Waals surface area contributed by atoms with E-state index >= 15 is 0 Å². The molecule has 15 heavy (non-hydrogen) atoms. The van der Waals surface area contributed by atoms with Gasteiger partial charge < -0.3 is 15.3 Å². The third-order valence-electron chi connectivity index (χ3n) is 1.79. The second kappa shape index (κ2) is 8.61. The second-order valence-electron chi connectivity index (χ2n) is 3.26. The molecule has 0 aromatic rings. The minimum Gasteiger partial charge on any atom is -0.395 e. The van der Waals surface area contributed by atoms with E-state index in [1.165, 1.54) is 4.90 Å². The summed E-state index contributed by atoms with van der Waals surface area (Å²) in [6.07, 6.45) is 3.65. The molecule has 0 rings (SSSR count). The lowest BCUT2D eigenvalue weighted by Gasteiger charge is -2.23. The standard InChI is InChI=1S/C10H20N2O2S/c1-4-5-12(6-7-13)10(14)11-9(2)8-15-3/h4,9,13H,1,5-8H2,2-3H3,(H,11,14). The highest BCUT2D eigenvalue weighted by atomic mass is 32.2. The van der Waals surface area contributed by atoms with Crippen LogP contribution in [0.25, 0.3) is 0 Å². The normalized spacial score (nSPS) is 11.9. The Balaban J connectivity index is 4.05. The molecule has 2 amide bonds. The number of amides is 2. The van der Waals surface area contributed by atoms with Crippen molar-refractivity contribution in [3.05, 3.63) is 12.7 Å². The predicted octanol–water partition coefficient (Wildman–Crippen LogP) is 0.928. The molecule has 0 aliphatic carbocycles. The van der Waals surface area contributed by atoms with Crippen LogP contribution in [0.3, 0.4) is 0 Å². The van der Waals surface area contributed by atoms with Crippen molar-refractivity contribution in [3.8, 4) is 0 Å². The van der Waals surface area contributed by atoms with Crippen LogP contribution in [0.4, 0.5) is 4.79 Å². The molecule has 0 heterocycles. The molecule has 5 heteroatoms. The van der Waals surface area contributed by atoms with Gasteiger partial charge in [-0.25, -0.2) is 4.79 Å². The van der Waals surface area contributed by atoms with Gasteiger partial charge in [0.1, 0.15) is 0 Å². The molecule has 0 saturated carbocycles. The van der Waals surface area contributed by atoms with E-state index in [0.29, 0.717) is 13.1 Å². The molecular formula is C10H20N2O2S. The number of rotatable bonds is 7. The number of nitrogens with zero attached hydrogens (tertiary/aromatic N) is 1. The van der Waals surface area contributed by atoms with Gasteiger partial charge in [0.2, 0.25) is 0 Å². The van der Waals surface area contributed by atoms with Gasteiger partial charge >= 0.3 is 6.03 Å². The number of hydrogen-bond donors (Lipinski definition) is 2. The lowest BCUT2D eigenvalue weighted by molar-refractivity contribution is 0.182. The minimum atomic E-state index is -0.148. The fourth-order valence-electron chi connectivity index (χ4n) is 1.15. The Bertz CT molecular complexity index is 200. The summed E-state index contributed by atoms with van der Waals surface area (Å²) in [4.78, 5) is 13.2. The SMILES string of the molecule is C=CCN(CCO)C(=O)NC(C)CSC. The van der Waals surface area contributed by atoms with Crippen molar-refractivity contribution in [2.75, 3.05) is 31.7 Å². The molecule has 1 atom stereocenters. The van der Waals surface area contributed by atoms with Gasteiger partial charge in [0.15, 0.2) is 0 Å². The van der Waals surface area contributed by atoms with Crippen LogP contribution in [0.2, 0.25) is 0 Å². The Hall–Kier alpha value is -0.680. The predicted molar refractivity (Wildman–Crippen MR) is 65.2 cm³/mol. The molecule has 0 aromatic heterocycles. The van der Waals surface area contributed by atoms with Crippen molar-refractivity contribution in [2.45, 2.75) is 13.0 Å². The number of carbonyl (C=O) groups is 1. The molecule has 0 aliphatic rings. The van der Waals surface area contributed by atoms with Gasteiger partial charge in [-0.15, -0.1) is 6.58 Å². The van der Waals surface area contributed by atoms with E-state index in [-0.39, 0.29) is 18.7 Å². The smallest absolute Gasteiger partial charge is 0.317 e. The molecule has 4 nitrogen and oxygen atoms in total. The van der Waals surface area contributed by atoms with E-state index in [4.69, 9.17) is 5.11 Å². The van der Waals surface area contributed by atoms with Gasteiger partial charge in [-0.3, -0.25) is 0 Å². The van der Waals surface area contributed by atoms with E-state index in [1.54, 1.807) is 17.8 Å². The van der Waals surface area contributed by atoms with Crippen LogP contribution in [0.15, 0.2) is 12.7 Å². The van der Waals surface area contributed by atoms with Gasteiger partial charge in [0, 0.05) is 24.9 Å². The number of aliphatic hydroxyl groups excluding tert-OH is 1. The van der Waals surface area contributed by atoms with Crippen molar-refractivity contribution in [1.82, 2.24) is 10.2 Å². The number of carbonyl (C=O) groups excluding carboxylic acids is 1. The van der Waals surface area contributed by atoms with Crippen LogP contribution in [0, 0.1) is 0 Å². The Morgan fingerprint density at radius 3 is 2.87 bits per heavy atom. The highest BCUT2D eigenvalue weighted by Gasteiger charge is 2.13. The van der Waals surface area contributed by atoms with Gasteiger partial charge in [0.25, 0.3) is 0 Å². The molecule has 0 spiro atoms. The third kappa shape index (κ3) is 6.41. The summed E-state index contributed by atoms with van der Waals surface area (Å²) in [5.74, 6) is 0.882. The van der Waals surface area contributed by atoms with Crippen LogP contribution in [0.5, 0.6) is 0 Å². The lowest BCUT2D eigenvalue weighted by Crippen LogP contribution is -2.45. The van der Waals surface area contributed by atoms with E-state index in [9.17, 15) is 4.79 Å². The Morgan fingerprint density at radius 1 is 1.73 bits per heavy atom. The molecule has 0 saturated heterocycles. The molecule has 0 aliphatic heterocycles. The van der Waals surface area contributed by atoms with E-state index in [1.807, 2.05) is 13.2 Å². The fourth-order valence-corrected chi connectivity index (χ4v) is 1.73. The number of thioether (sulfide) groups is 1. The van der Waals surface area contributed by atoms with Crippen molar-refractivity contribution >= 4 is 17.8 Å². The summed E-state index contributed by atoms with van der Waals surface area (Å²) in [7, 11) is 0. The van der Waals surface area contributed by atoms with E-state index in [2.05, 4.69) is 11.9 Å². The third-order valence-corrected chi connectivity index (χ3v) is 2.63. The first-order chi connectivity index (χ1) is 7.15. The molecule has 0 aromatic carbocycles. The van der Waals surface area contributed by atoms with Gasteiger partial charge in [-0.05, 0) is 13.2 Å². The zero-order valence-electron chi connectivity index (χ0n) is 9.40. The van der Waals surface area contributed by atoms with Gasteiger partial charge in [-0.2, -0.15) is 11.8 Å². The molecule has 0 fully saturated rings. The largest absolute Gasteiger partial charge is 0.395 e. The number of aliphatic hydroxyl groups is 1. The molecule has 2 N–H and O–H groups in total. The number of nitrogens with one attached hydrogen (secondary N) is 1.